The largest absolute Gasteiger partial charge is 0.394 e. The lowest BCUT2D eigenvalue weighted by atomic mass is 9.55. The molecule has 7 rings (SSSR count). The van der Waals surface area contributed by atoms with Crippen LogP contribution in [0.2, 0.25) is 0 Å². The Kier molecular flexibility index (Phi) is 4.01. The topological polar surface area (TPSA) is 84.5 Å². The molecule has 2 N–H and O–H groups in total. The van der Waals surface area contributed by atoms with E-state index in [0.717, 1.165) is 47.0 Å². The molecule has 1 amide bonds. The summed E-state index contributed by atoms with van der Waals surface area (Å²) in [5, 5.41) is 17.2. The number of aliphatic hydroxyl groups is 1. The quantitative estimate of drug-likeness (QED) is 0.609. The Hall–Kier alpha value is -2.67. The molecule has 5 unspecified atom stereocenters. The van der Waals surface area contributed by atoms with Crippen LogP contribution in [0.25, 0.3) is 17.0 Å². The SMILES string of the molecule is Cc1cc(-c2cn3c(C(=O)NCC45CC6CC7CC(C4)C7(C6)C5)cccc3n2)n(CCO)n1. The predicted molar refractivity (Wildman–Crippen MR) is 124 cm³/mol. The number of hydrogen-bond donors (Lipinski definition) is 2. The monoisotopic (exact) mass is 445 g/mol. The summed E-state index contributed by atoms with van der Waals surface area (Å²) in [5.74, 6) is 2.76. The van der Waals surface area contributed by atoms with Crippen LogP contribution < -0.4 is 5.32 Å². The highest BCUT2D eigenvalue weighted by molar-refractivity contribution is 5.93. The maximum atomic E-state index is 13.4. The van der Waals surface area contributed by atoms with Gasteiger partial charge in [0.25, 0.3) is 5.91 Å². The van der Waals surface area contributed by atoms with E-state index in [4.69, 9.17) is 4.98 Å². The van der Waals surface area contributed by atoms with Gasteiger partial charge in [0, 0.05) is 12.7 Å². The summed E-state index contributed by atoms with van der Waals surface area (Å²) >= 11 is 0. The van der Waals surface area contributed by atoms with Gasteiger partial charge in [0.2, 0.25) is 0 Å². The molecule has 3 aromatic rings. The number of aliphatic hydroxyl groups excluding tert-OH is 1. The summed E-state index contributed by atoms with van der Waals surface area (Å²) < 4.78 is 3.65. The highest BCUT2D eigenvalue weighted by Gasteiger charge is 2.70. The van der Waals surface area contributed by atoms with Gasteiger partial charge in [0.15, 0.2) is 0 Å². The number of amides is 1. The van der Waals surface area contributed by atoms with Crippen molar-refractivity contribution >= 4 is 11.6 Å². The van der Waals surface area contributed by atoms with Gasteiger partial charge in [-0.25, -0.2) is 4.98 Å². The average molecular weight is 446 g/mol. The van der Waals surface area contributed by atoms with Crippen molar-refractivity contribution in [2.45, 2.75) is 52.0 Å². The van der Waals surface area contributed by atoms with E-state index in [0.29, 0.717) is 23.1 Å². The molecule has 0 radical (unpaired) electrons. The smallest absolute Gasteiger partial charge is 0.268 e. The zero-order chi connectivity index (χ0) is 22.4. The molecule has 0 saturated heterocycles. The van der Waals surface area contributed by atoms with Crippen LogP contribution in [0.3, 0.4) is 0 Å². The summed E-state index contributed by atoms with van der Waals surface area (Å²) in [6, 6.07) is 7.66. The molecule has 4 fully saturated rings. The number of imidazole rings is 1. The Morgan fingerprint density at radius 1 is 1.24 bits per heavy atom. The fraction of sp³-hybridized carbons (Fsp3) is 0.577. The number of pyridine rings is 1. The Bertz CT molecular complexity index is 1270. The highest BCUT2D eigenvalue weighted by Crippen LogP contribution is 2.78. The van der Waals surface area contributed by atoms with Crippen molar-refractivity contribution in [3.63, 3.8) is 0 Å². The molecule has 1 spiro atoms. The van der Waals surface area contributed by atoms with Crippen LogP contribution in [-0.2, 0) is 6.54 Å². The number of fused-ring (bicyclic) bond motifs is 3. The molecule has 5 atom stereocenters. The van der Waals surface area contributed by atoms with Crippen molar-refractivity contribution in [2.24, 2.45) is 28.6 Å². The molecule has 4 saturated carbocycles. The zero-order valence-electron chi connectivity index (χ0n) is 19.1. The Morgan fingerprint density at radius 3 is 3.03 bits per heavy atom. The Morgan fingerprint density at radius 2 is 2.15 bits per heavy atom. The number of hydrogen-bond acceptors (Lipinski definition) is 4. The van der Waals surface area contributed by atoms with Gasteiger partial charge in [-0.2, -0.15) is 5.10 Å². The van der Waals surface area contributed by atoms with Gasteiger partial charge in [0.05, 0.1) is 24.5 Å². The first-order valence-electron chi connectivity index (χ1n) is 12.4. The lowest BCUT2D eigenvalue weighted by molar-refractivity contribution is -0.00254. The van der Waals surface area contributed by atoms with Crippen molar-refractivity contribution in [3.8, 4) is 11.4 Å². The number of nitrogens with zero attached hydrogens (tertiary/aromatic N) is 4. The third-order valence-corrected chi connectivity index (χ3v) is 9.41. The highest BCUT2D eigenvalue weighted by atomic mass is 16.3. The van der Waals surface area contributed by atoms with Crippen LogP contribution in [0.1, 0.15) is 54.7 Å². The third-order valence-electron chi connectivity index (χ3n) is 9.41. The molecule has 4 aliphatic rings. The lowest BCUT2D eigenvalue weighted by Crippen LogP contribution is -2.43. The minimum Gasteiger partial charge on any atom is -0.394 e. The summed E-state index contributed by atoms with van der Waals surface area (Å²) in [6.07, 6.45) is 10.2. The van der Waals surface area contributed by atoms with Crippen molar-refractivity contribution in [3.05, 3.63) is 41.9 Å². The van der Waals surface area contributed by atoms with E-state index in [1.165, 1.54) is 38.5 Å². The van der Waals surface area contributed by atoms with Gasteiger partial charge >= 0.3 is 0 Å². The van der Waals surface area contributed by atoms with Crippen molar-refractivity contribution in [1.29, 1.82) is 0 Å². The van der Waals surface area contributed by atoms with Gasteiger partial charge in [-0.3, -0.25) is 13.9 Å². The molecule has 3 aromatic heterocycles. The third kappa shape index (κ3) is 2.75. The normalized spacial score (nSPS) is 33.5. The minimum absolute atomic E-state index is 0.0145. The Balaban J connectivity index is 1.15. The van der Waals surface area contributed by atoms with E-state index in [1.807, 2.05) is 41.8 Å². The number of nitrogens with one attached hydrogen (secondary N) is 1. The van der Waals surface area contributed by atoms with E-state index in [1.54, 1.807) is 4.68 Å². The summed E-state index contributed by atoms with van der Waals surface area (Å²) in [5.41, 5.74) is 4.79. The van der Waals surface area contributed by atoms with Crippen molar-refractivity contribution in [2.75, 3.05) is 13.2 Å². The molecule has 172 valence electrons. The first-order chi connectivity index (χ1) is 16.0. The van der Waals surface area contributed by atoms with Crippen LogP contribution >= 0.6 is 0 Å². The summed E-state index contributed by atoms with van der Waals surface area (Å²) in [4.78, 5) is 18.1. The van der Waals surface area contributed by atoms with Gasteiger partial charge in [-0.05, 0) is 92.2 Å². The van der Waals surface area contributed by atoms with E-state index in [2.05, 4.69) is 10.4 Å². The fourth-order valence-electron chi connectivity index (χ4n) is 8.44. The molecule has 3 bridgehead atoms. The first-order valence-corrected chi connectivity index (χ1v) is 12.4. The molecular weight excluding hydrogens is 414 g/mol. The van der Waals surface area contributed by atoms with Gasteiger partial charge in [-0.1, -0.05) is 6.07 Å². The molecule has 3 heterocycles. The van der Waals surface area contributed by atoms with Crippen LogP contribution in [0, 0.1) is 35.5 Å². The Labute approximate surface area is 193 Å². The van der Waals surface area contributed by atoms with Crippen LogP contribution in [0.15, 0.2) is 30.5 Å². The van der Waals surface area contributed by atoms with Crippen molar-refractivity contribution in [1.82, 2.24) is 24.5 Å². The lowest BCUT2D eigenvalue weighted by Gasteiger charge is -2.49. The minimum atomic E-state index is -0.0230. The number of carbonyl (C=O) groups excluding carboxylic acids is 1. The first kappa shape index (κ1) is 19.8. The standard InChI is InChI=1S/C26H31N5O2/c1-16-7-22(31(29-16)5-6-32)20-13-30-21(3-2-4-23(30)28-20)24(33)27-15-25-10-17-8-18-9-19(12-25)26(18,11-17)14-25/h2-4,7,13,17-19,32H,5-6,8-12,14-15H2,1H3,(H,27,33). The molecule has 7 nitrogen and oxygen atoms in total. The second kappa shape index (κ2) is 6.69. The van der Waals surface area contributed by atoms with E-state index < -0.39 is 0 Å². The van der Waals surface area contributed by atoms with E-state index in [9.17, 15) is 9.90 Å². The number of aromatic nitrogens is 4. The van der Waals surface area contributed by atoms with Gasteiger partial charge in [0.1, 0.15) is 17.0 Å². The molecule has 0 aromatic carbocycles. The van der Waals surface area contributed by atoms with Crippen LogP contribution in [0.4, 0.5) is 0 Å². The predicted octanol–water partition coefficient (Wildman–Crippen LogP) is 3.44. The number of aryl methyl sites for hydroxylation is 1. The van der Waals surface area contributed by atoms with Crippen LogP contribution in [0.5, 0.6) is 0 Å². The zero-order valence-corrected chi connectivity index (χ0v) is 19.1. The van der Waals surface area contributed by atoms with Crippen LogP contribution in [-0.4, -0.2) is 43.3 Å². The number of rotatable bonds is 6. The second-order valence-electron chi connectivity index (χ2n) is 11.3. The van der Waals surface area contributed by atoms with Gasteiger partial charge < -0.3 is 10.4 Å². The molecule has 0 aliphatic heterocycles. The number of carbonyl (C=O) groups is 1. The second-order valence-corrected chi connectivity index (χ2v) is 11.3. The molecule has 7 heteroatoms. The van der Waals surface area contributed by atoms with Gasteiger partial charge in [-0.15, -0.1) is 0 Å². The molecular formula is C26H31N5O2. The average Bonchev–Trinajstić information content (AvgIpc) is 3.47. The maximum Gasteiger partial charge on any atom is 0.268 e. The fourth-order valence-corrected chi connectivity index (χ4v) is 8.44. The summed E-state index contributed by atoms with van der Waals surface area (Å²) in [6.45, 7) is 3.16. The molecule has 33 heavy (non-hydrogen) atoms. The summed E-state index contributed by atoms with van der Waals surface area (Å²) in [7, 11) is 0. The van der Waals surface area contributed by atoms with E-state index in [-0.39, 0.29) is 12.5 Å². The van der Waals surface area contributed by atoms with Crippen molar-refractivity contribution < 1.29 is 9.90 Å². The molecule has 4 aliphatic carbocycles. The van der Waals surface area contributed by atoms with E-state index >= 15 is 0 Å². The maximum absolute atomic E-state index is 13.4.